The minimum atomic E-state index is -0.852. The van der Waals surface area contributed by atoms with Crippen molar-refractivity contribution in [2.75, 3.05) is 13.2 Å². The third-order valence-electron chi connectivity index (χ3n) is 15.4. The molecule has 6 nitrogen and oxygen atoms in total. The van der Waals surface area contributed by atoms with Gasteiger partial charge < -0.3 is 20.3 Å². The smallest absolute Gasteiger partial charge is 0.305 e. The SMILES string of the molecule is CCCCCCCCCCCCCCCCCCCCC/C=C/C(O)C(CO)NC(=O)CCCCCCCCC/C=C\C/C=C\CCCCCCCCCCCOC(=O)CCCCCCCCCCCCCCC. The molecule has 0 aliphatic heterocycles. The van der Waals surface area contributed by atoms with Crippen molar-refractivity contribution in [1.29, 1.82) is 0 Å². The highest BCUT2D eigenvalue weighted by Gasteiger charge is 2.18. The summed E-state index contributed by atoms with van der Waals surface area (Å²) in [6.07, 6.45) is 80.5. The van der Waals surface area contributed by atoms with E-state index in [2.05, 4.69) is 43.5 Å². The van der Waals surface area contributed by atoms with E-state index in [0.717, 1.165) is 57.8 Å². The summed E-state index contributed by atoms with van der Waals surface area (Å²) in [4.78, 5) is 24.5. The van der Waals surface area contributed by atoms with Crippen LogP contribution < -0.4 is 5.32 Å². The Balaban J connectivity index is 3.48. The number of hydrogen-bond donors (Lipinski definition) is 3. The van der Waals surface area contributed by atoms with Crippen molar-refractivity contribution in [3.05, 3.63) is 36.5 Å². The fourth-order valence-corrected chi connectivity index (χ4v) is 10.3. The summed E-state index contributed by atoms with van der Waals surface area (Å²) in [5, 5.41) is 23.2. The number of aliphatic hydroxyl groups is 2. The van der Waals surface area contributed by atoms with E-state index in [1.165, 1.54) is 276 Å². The van der Waals surface area contributed by atoms with Crippen LogP contribution in [-0.2, 0) is 14.3 Å². The predicted molar refractivity (Wildman–Crippen MR) is 324 cm³/mol. The van der Waals surface area contributed by atoms with Gasteiger partial charge in [-0.25, -0.2) is 0 Å². The van der Waals surface area contributed by atoms with E-state index in [1.807, 2.05) is 6.08 Å². The molecule has 0 radical (unpaired) electrons. The molecule has 436 valence electrons. The van der Waals surface area contributed by atoms with Crippen LogP contribution in [0.1, 0.15) is 361 Å². The van der Waals surface area contributed by atoms with Crippen LogP contribution in [-0.4, -0.2) is 47.4 Å². The summed E-state index contributed by atoms with van der Waals surface area (Å²) >= 11 is 0. The van der Waals surface area contributed by atoms with Crippen molar-refractivity contribution in [2.45, 2.75) is 373 Å². The van der Waals surface area contributed by atoms with E-state index in [9.17, 15) is 19.8 Å². The lowest BCUT2D eigenvalue weighted by Crippen LogP contribution is -2.45. The Morgan fingerprint density at radius 1 is 0.378 bits per heavy atom. The molecule has 0 aliphatic carbocycles. The van der Waals surface area contributed by atoms with Gasteiger partial charge in [0.15, 0.2) is 0 Å². The Morgan fingerprint density at radius 2 is 0.676 bits per heavy atom. The zero-order valence-electron chi connectivity index (χ0n) is 49.8. The van der Waals surface area contributed by atoms with Crippen LogP contribution in [0.25, 0.3) is 0 Å². The third kappa shape index (κ3) is 59.3. The normalized spacial score (nSPS) is 12.8. The number of amides is 1. The van der Waals surface area contributed by atoms with E-state index in [-0.39, 0.29) is 18.5 Å². The molecule has 1 amide bonds. The first-order valence-electron chi connectivity index (χ1n) is 33.3. The Hall–Kier alpha value is -1.92. The van der Waals surface area contributed by atoms with Crippen LogP contribution in [0.15, 0.2) is 36.5 Å². The van der Waals surface area contributed by atoms with Crippen LogP contribution in [0.5, 0.6) is 0 Å². The number of aliphatic hydroxyl groups excluding tert-OH is 2. The molecule has 0 rings (SSSR count). The zero-order chi connectivity index (χ0) is 53.6. The number of carbonyl (C=O) groups is 2. The molecular formula is C68H129NO5. The quantitative estimate of drug-likeness (QED) is 0.0320. The molecule has 0 bridgehead atoms. The van der Waals surface area contributed by atoms with Gasteiger partial charge in [0.2, 0.25) is 5.91 Å². The number of carbonyl (C=O) groups excluding carboxylic acids is 2. The Kier molecular flexibility index (Phi) is 62.0. The molecule has 0 aromatic carbocycles. The lowest BCUT2D eigenvalue weighted by molar-refractivity contribution is -0.143. The lowest BCUT2D eigenvalue weighted by atomic mass is 10.0. The average Bonchev–Trinajstić information content (AvgIpc) is 3.40. The van der Waals surface area contributed by atoms with Crippen molar-refractivity contribution in [2.24, 2.45) is 0 Å². The molecule has 0 saturated heterocycles. The van der Waals surface area contributed by atoms with Crippen molar-refractivity contribution in [1.82, 2.24) is 5.32 Å². The average molecular weight is 1040 g/mol. The number of ether oxygens (including phenoxy) is 1. The largest absolute Gasteiger partial charge is 0.466 e. The van der Waals surface area contributed by atoms with Crippen LogP contribution >= 0.6 is 0 Å². The van der Waals surface area contributed by atoms with Crippen LogP contribution in [0.4, 0.5) is 0 Å². The summed E-state index contributed by atoms with van der Waals surface area (Å²) in [5.74, 6) is -0.0671. The Labute approximate surface area is 462 Å². The Bertz CT molecular complexity index is 1200. The lowest BCUT2D eigenvalue weighted by Gasteiger charge is -2.20. The molecule has 0 aliphatic rings. The van der Waals surface area contributed by atoms with Gasteiger partial charge in [0.1, 0.15) is 0 Å². The first kappa shape index (κ1) is 72.1. The van der Waals surface area contributed by atoms with Crippen molar-refractivity contribution in [3.63, 3.8) is 0 Å². The standard InChI is InChI=1S/C68H129NO5/c1-3-5-7-9-11-13-15-17-18-19-20-24-27-30-33-37-40-44-48-52-56-60-66(71)65(64-70)69-67(72)61-57-53-49-45-41-38-34-31-28-25-22-21-23-26-29-32-35-39-43-47-51-55-59-63-74-68(73)62-58-54-50-46-42-36-16-14-12-10-8-6-4-2/h21,23,25,28,56,60,65-66,70-71H,3-20,22,24,26-27,29-55,57-59,61-64H2,1-2H3,(H,69,72)/b23-21-,28-25-,60-56+. The molecule has 3 N–H and O–H groups in total. The van der Waals surface area contributed by atoms with Crippen molar-refractivity contribution in [3.8, 4) is 0 Å². The molecule has 74 heavy (non-hydrogen) atoms. The molecule has 0 fully saturated rings. The summed E-state index contributed by atoms with van der Waals surface area (Å²) < 4.78 is 5.48. The van der Waals surface area contributed by atoms with Gasteiger partial charge in [-0.2, -0.15) is 0 Å². The topological polar surface area (TPSA) is 95.9 Å². The van der Waals surface area contributed by atoms with Crippen molar-refractivity contribution < 1.29 is 24.5 Å². The minimum Gasteiger partial charge on any atom is -0.466 e. The molecule has 2 unspecified atom stereocenters. The maximum atomic E-state index is 12.5. The predicted octanol–water partition coefficient (Wildman–Crippen LogP) is 21.1. The number of allylic oxidation sites excluding steroid dienone is 5. The van der Waals surface area contributed by atoms with Crippen LogP contribution in [0, 0.1) is 0 Å². The second-order valence-corrected chi connectivity index (χ2v) is 22.8. The maximum Gasteiger partial charge on any atom is 0.305 e. The van der Waals surface area contributed by atoms with Gasteiger partial charge in [-0.05, 0) is 64.2 Å². The van der Waals surface area contributed by atoms with Crippen LogP contribution in [0.2, 0.25) is 0 Å². The number of unbranched alkanes of at least 4 members (excludes halogenated alkanes) is 47. The Morgan fingerprint density at radius 3 is 1.03 bits per heavy atom. The third-order valence-corrected chi connectivity index (χ3v) is 15.4. The number of rotatable bonds is 62. The monoisotopic (exact) mass is 1040 g/mol. The van der Waals surface area contributed by atoms with E-state index >= 15 is 0 Å². The van der Waals surface area contributed by atoms with Gasteiger partial charge in [-0.15, -0.1) is 0 Å². The molecule has 0 heterocycles. The van der Waals surface area contributed by atoms with Gasteiger partial charge in [-0.3, -0.25) is 9.59 Å². The molecule has 0 spiro atoms. The summed E-state index contributed by atoms with van der Waals surface area (Å²) in [5.41, 5.74) is 0. The summed E-state index contributed by atoms with van der Waals surface area (Å²) in [7, 11) is 0. The fraction of sp³-hybridized carbons (Fsp3) is 0.882. The number of esters is 1. The number of hydrogen-bond acceptors (Lipinski definition) is 5. The second kappa shape index (κ2) is 63.6. The number of nitrogens with one attached hydrogen (secondary N) is 1. The van der Waals surface area contributed by atoms with Gasteiger partial charge >= 0.3 is 5.97 Å². The molecule has 6 heteroatoms. The maximum absolute atomic E-state index is 12.5. The molecule has 0 aromatic heterocycles. The van der Waals surface area contributed by atoms with Gasteiger partial charge in [0, 0.05) is 12.8 Å². The second-order valence-electron chi connectivity index (χ2n) is 22.8. The van der Waals surface area contributed by atoms with Gasteiger partial charge in [0.05, 0.1) is 25.4 Å². The highest BCUT2D eigenvalue weighted by atomic mass is 16.5. The summed E-state index contributed by atoms with van der Waals surface area (Å²) in [6.45, 7) is 4.92. The van der Waals surface area contributed by atoms with E-state index in [4.69, 9.17) is 4.74 Å². The van der Waals surface area contributed by atoms with Crippen LogP contribution in [0.3, 0.4) is 0 Å². The van der Waals surface area contributed by atoms with E-state index in [1.54, 1.807) is 6.08 Å². The highest BCUT2D eigenvalue weighted by molar-refractivity contribution is 5.76. The van der Waals surface area contributed by atoms with E-state index in [0.29, 0.717) is 19.4 Å². The molecule has 0 aromatic rings. The van der Waals surface area contributed by atoms with Crippen molar-refractivity contribution >= 4 is 11.9 Å². The first-order valence-corrected chi connectivity index (χ1v) is 33.3. The van der Waals surface area contributed by atoms with Gasteiger partial charge in [-0.1, -0.05) is 320 Å². The minimum absolute atomic E-state index is 0.00836. The summed E-state index contributed by atoms with van der Waals surface area (Å²) in [6, 6.07) is -0.637. The molecule has 2 atom stereocenters. The van der Waals surface area contributed by atoms with Gasteiger partial charge in [0.25, 0.3) is 0 Å². The first-order chi connectivity index (χ1) is 36.5. The molecule has 0 saturated carbocycles. The zero-order valence-corrected chi connectivity index (χ0v) is 49.8. The van der Waals surface area contributed by atoms with E-state index < -0.39 is 12.1 Å². The fourth-order valence-electron chi connectivity index (χ4n) is 10.3. The highest BCUT2D eigenvalue weighted by Crippen LogP contribution is 2.18. The molecular weight excluding hydrogens is 911 g/mol.